The molecular formula is C10H19NO4. The van der Waals surface area contributed by atoms with Gasteiger partial charge in [0.25, 0.3) is 0 Å². The molecule has 88 valence electrons. The Labute approximate surface area is 89.6 Å². The molecule has 1 aliphatic rings. The van der Waals surface area contributed by atoms with Crippen LogP contribution in [0.5, 0.6) is 0 Å². The molecule has 1 atom stereocenters. The van der Waals surface area contributed by atoms with Crippen LogP contribution in [0.1, 0.15) is 20.3 Å². The third kappa shape index (κ3) is 4.15. The molecule has 5 nitrogen and oxygen atoms in total. The first-order chi connectivity index (χ1) is 6.90. The Balaban J connectivity index is 2.46. The van der Waals surface area contributed by atoms with Crippen LogP contribution < -0.4 is 0 Å². The molecule has 0 spiro atoms. The lowest BCUT2D eigenvalue weighted by Gasteiger charge is -2.34. The number of carboxylic acids is 1. The fraction of sp³-hybridized carbons (Fsp3) is 0.900. The summed E-state index contributed by atoms with van der Waals surface area (Å²) in [6.45, 7) is 5.46. The topological polar surface area (TPSA) is 70.0 Å². The molecule has 2 N–H and O–H groups in total. The Bertz CT molecular complexity index is 224. The summed E-state index contributed by atoms with van der Waals surface area (Å²) in [5.74, 6) is -0.856. The highest BCUT2D eigenvalue weighted by atomic mass is 16.5. The van der Waals surface area contributed by atoms with Gasteiger partial charge in [0.2, 0.25) is 0 Å². The van der Waals surface area contributed by atoms with Crippen molar-refractivity contribution < 1.29 is 19.7 Å². The highest BCUT2D eigenvalue weighted by molar-refractivity contribution is 5.73. The maximum Gasteiger partial charge on any atom is 0.323 e. The van der Waals surface area contributed by atoms with E-state index in [1.807, 2.05) is 4.90 Å². The summed E-state index contributed by atoms with van der Waals surface area (Å²) in [6.07, 6.45) is 0.566. The molecule has 0 radical (unpaired) electrons. The maximum atomic E-state index is 10.9. The lowest BCUT2D eigenvalue weighted by atomic mass is 10.0. The quantitative estimate of drug-likeness (QED) is 0.690. The molecule has 0 aromatic carbocycles. The van der Waals surface area contributed by atoms with Gasteiger partial charge in [0.15, 0.2) is 0 Å². The minimum absolute atomic E-state index is 0.237. The van der Waals surface area contributed by atoms with E-state index >= 15 is 0 Å². The van der Waals surface area contributed by atoms with E-state index < -0.39 is 17.6 Å². The van der Waals surface area contributed by atoms with Gasteiger partial charge < -0.3 is 14.9 Å². The lowest BCUT2D eigenvalue weighted by Crippen LogP contribution is -2.51. The molecular weight excluding hydrogens is 198 g/mol. The second-order valence-electron chi connectivity index (χ2n) is 4.53. The summed E-state index contributed by atoms with van der Waals surface area (Å²) >= 11 is 0. The average molecular weight is 217 g/mol. The zero-order chi connectivity index (χ0) is 11.5. The second-order valence-corrected chi connectivity index (χ2v) is 4.53. The Morgan fingerprint density at radius 2 is 2.27 bits per heavy atom. The van der Waals surface area contributed by atoms with E-state index in [0.717, 1.165) is 0 Å². The highest BCUT2D eigenvalue weighted by Gasteiger charge is 2.29. The van der Waals surface area contributed by atoms with Gasteiger partial charge in [0.05, 0.1) is 18.8 Å². The van der Waals surface area contributed by atoms with Crippen LogP contribution in [0.2, 0.25) is 0 Å². The van der Waals surface area contributed by atoms with Crippen molar-refractivity contribution in [2.75, 3.05) is 26.3 Å². The number of carboxylic acid groups (broad SMARTS) is 1. The standard InChI is InChI=1S/C10H19NO4/c1-10(2,14)3-4-11-5-6-15-7-8(11)9(12)13/h8,14H,3-7H2,1-2H3,(H,12,13). The first kappa shape index (κ1) is 12.4. The van der Waals surface area contributed by atoms with Gasteiger partial charge in [-0.1, -0.05) is 0 Å². The van der Waals surface area contributed by atoms with E-state index in [0.29, 0.717) is 26.1 Å². The zero-order valence-corrected chi connectivity index (χ0v) is 9.27. The maximum absolute atomic E-state index is 10.9. The monoisotopic (exact) mass is 217 g/mol. The summed E-state index contributed by atoms with van der Waals surface area (Å²) in [5, 5.41) is 18.5. The molecule has 1 rings (SSSR count). The summed E-state index contributed by atoms with van der Waals surface area (Å²) in [6, 6.07) is -0.568. The van der Waals surface area contributed by atoms with Crippen LogP contribution in [0.3, 0.4) is 0 Å². The SMILES string of the molecule is CC(C)(O)CCN1CCOCC1C(=O)O. The number of rotatable bonds is 4. The number of hydrogen-bond acceptors (Lipinski definition) is 4. The van der Waals surface area contributed by atoms with E-state index in [1.54, 1.807) is 13.8 Å². The minimum atomic E-state index is -0.856. The van der Waals surface area contributed by atoms with Crippen molar-refractivity contribution in [3.8, 4) is 0 Å². The average Bonchev–Trinajstić information content (AvgIpc) is 2.14. The summed E-state index contributed by atoms with van der Waals surface area (Å²) in [7, 11) is 0. The van der Waals surface area contributed by atoms with Gasteiger partial charge in [-0.3, -0.25) is 9.69 Å². The molecule has 1 aliphatic heterocycles. The van der Waals surface area contributed by atoms with Crippen LogP contribution in [0.15, 0.2) is 0 Å². The molecule has 0 bridgehead atoms. The van der Waals surface area contributed by atoms with Crippen molar-refractivity contribution in [1.82, 2.24) is 4.90 Å². The van der Waals surface area contributed by atoms with Crippen LogP contribution in [0.4, 0.5) is 0 Å². The molecule has 0 amide bonds. The van der Waals surface area contributed by atoms with Gasteiger partial charge in [-0.2, -0.15) is 0 Å². The normalized spacial score (nSPS) is 24.1. The molecule has 1 fully saturated rings. The molecule has 1 heterocycles. The molecule has 15 heavy (non-hydrogen) atoms. The third-order valence-corrected chi connectivity index (χ3v) is 2.54. The van der Waals surface area contributed by atoms with E-state index in [-0.39, 0.29) is 6.61 Å². The number of aliphatic hydroxyl groups is 1. The minimum Gasteiger partial charge on any atom is -0.480 e. The first-order valence-electron chi connectivity index (χ1n) is 5.17. The zero-order valence-electron chi connectivity index (χ0n) is 9.27. The Kier molecular flexibility index (Phi) is 4.07. The van der Waals surface area contributed by atoms with Crippen molar-refractivity contribution >= 4 is 5.97 Å². The first-order valence-corrected chi connectivity index (χ1v) is 5.17. The number of carbonyl (C=O) groups is 1. The number of nitrogens with zero attached hydrogens (tertiary/aromatic N) is 1. The Morgan fingerprint density at radius 3 is 2.80 bits per heavy atom. The van der Waals surface area contributed by atoms with Crippen molar-refractivity contribution in [2.45, 2.75) is 31.9 Å². The number of aliphatic carboxylic acids is 1. The molecule has 0 saturated carbocycles. The summed E-state index contributed by atoms with van der Waals surface area (Å²) in [5.41, 5.74) is -0.749. The van der Waals surface area contributed by atoms with E-state index in [2.05, 4.69) is 0 Å². The Hall–Kier alpha value is -0.650. The van der Waals surface area contributed by atoms with Crippen LogP contribution in [0.25, 0.3) is 0 Å². The Morgan fingerprint density at radius 1 is 1.60 bits per heavy atom. The van der Waals surface area contributed by atoms with Crippen LogP contribution in [0, 0.1) is 0 Å². The predicted octanol–water partition coefficient (Wildman–Crippen LogP) is -0.0672. The van der Waals surface area contributed by atoms with Crippen molar-refractivity contribution in [3.05, 3.63) is 0 Å². The third-order valence-electron chi connectivity index (χ3n) is 2.54. The molecule has 0 aromatic heterocycles. The number of morpholine rings is 1. The van der Waals surface area contributed by atoms with Crippen LogP contribution in [-0.2, 0) is 9.53 Å². The van der Waals surface area contributed by atoms with Gasteiger partial charge >= 0.3 is 5.97 Å². The number of ether oxygens (including phenoxy) is 1. The second kappa shape index (κ2) is 4.92. The summed E-state index contributed by atoms with van der Waals surface area (Å²) < 4.78 is 5.12. The van der Waals surface area contributed by atoms with E-state index in [4.69, 9.17) is 9.84 Å². The van der Waals surface area contributed by atoms with Crippen molar-refractivity contribution in [3.63, 3.8) is 0 Å². The molecule has 0 aromatic rings. The highest BCUT2D eigenvalue weighted by Crippen LogP contribution is 2.13. The summed E-state index contributed by atoms with van der Waals surface area (Å²) in [4.78, 5) is 12.8. The van der Waals surface area contributed by atoms with Gasteiger partial charge in [-0.25, -0.2) is 0 Å². The largest absolute Gasteiger partial charge is 0.480 e. The van der Waals surface area contributed by atoms with Crippen molar-refractivity contribution in [2.24, 2.45) is 0 Å². The van der Waals surface area contributed by atoms with Crippen LogP contribution in [-0.4, -0.2) is 59.0 Å². The molecule has 1 saturated heterocycles. The van der Waals surface area contributed by atoms with Gasteiger partial charge in [0, 0.05) is 13.1 Å². The van der Waals surface area contributed by atoms with Gasteiger partial charge in [-0.15, -0.1) is 0 Å². The lowest BCUT2D eigenvalue weighted by molar-refractivity contribution is -0.150. The molecule has 0 aliphatic carbocycles. The smallest absolute Gasteiger partial charge is 0.323 e. The van der Waals surface area contributed by atoms with Crippen molar-refractivity contribution in [1.29, 1.82) is 0 Å². The van der Waals surface area contributed by atoms with Crippen LogP contribution >= 0.6 is 0 Å². The van der Waals surface area contributed by atoms with E-state index in [1.165, 1.54) is 0 Å². The van der Waals surface area contributed by atoms with E-state index in [9.17, 15) is 9.90 Å². The molecule has 5 heteroatoms. The fourth-order valence-electron chi connectivity index (χ4n) is 1.55. The van der Waals surface area contributed by atoms with Gasteiger partial charge in [0.1, 0.15) is 6.04 Å². The number of hydrogen-bond donors (Lipinski definition) is 2. The fourth-order valence-corrected chi connectivity index (χ4v) is 1.55. The van der Waals surface area contributed by atoms with Gasteiger partial charge in [-0.05, 0) is 20.3 Å². The molecule has 1 unspecified atom stereocenters. The predicted molar refractivity (Wildman–Crippen MR) is 54.7 cm³/mol.